The van der Waals surface area contributed by atoms with E-state index in [1.807, 2.05) is 18.2 Å². The summed E-state index contributed by atoms with van der Waals surface area (Å²) in [7, 11) is 0. The number of halogens is 1. The molecule has 1 fully saturated rings. The average Bonchev–Trinajstić information content (AvgIpc) is 3.62. The van der Waals surface area contributed by atoms with Crippen LogP contribution in [0.2, 0.25) is 5.02 Å². The summed E-state index contributed by atoms with van der Waals surface area (Å²) < 4.78 is 1.58. The highest BCUT2D eigenvalue weighted by atomic mass is 35.5. The van der Waals surface area contributed by atoms with Crippen molar-refractivity contribution in [2.75, 3.05) is 6.54 Å². The highest BCUT2D eigenvalue weighted by Gasteiger charge is 2.21. The summed E-state index contributed by atoms with van der Waals surface area (Å²) in [6, 6.07) is 23.2. The Bertz CT molecular complexity index is 1980. The van der Waals surface area contributed by atoms with Crippen LogP contribution in [-0.4, -0.2) is 33.9 Å². The van der Waals surface area contributed by atoms with Gasteiger partial charge in [0.1, 0.15) is 5.65 Å². The van der Waals surface area contributed by atoms with E-state index in [0.717, 1.165) is 63.2 Å². The molecular weight excluding hydrogens is 570 g/mol. The van der Waals surface area contributed by atoms with Gasteiger partial charge >= 0.3 is 0 Å². The van der Waals surface area contributed by atoms with Crippen LogP contribution in [0.1, 0.15) is 35.1 Å². The van der Waals surface area contributed by atoms with Gasteiger partial charge in [0.25, 0.3) is 5.56 Å². The number of hydrogen-bond donors (Lipinski definition) is 3. The number of carbonyl (C=O) groups excluding carboxylic acids is 1. The molecule has 7 nitrogen and oxygen atoms in total. The summed E-state index contributed by atoms with van der Waals surface area (Å²) in [4.78, 5) is 29.3. The highest BCUT2D eigenvalue weighted by Crippen LogP contribution is 2.40. The zero-order valence-corrected chi connectivity index (χ0v) is 25.3. The lowest BCUT2D eigenvalue weighted by Gasteiger charge is -2.16. The van der Waals surface area contributed by atoms with Gasteiger partial charge in [-0.3, -0.25) is 14.0 Å². The van der Waals surface area contributed by atoms with Crippen LogP contribution in [0.3, 0.4) is 0 Å². The molecule has 2 aromatic heterocycles. The fourth-order valence-electron chi connectivity index (χ4n) is 6.64. The Hall–Kier alpha value is -4.30. The number of fused-ring (bicyclic) bond motifs is 2. The van der Waals surface area contributed by atoms with Gasteiger partial charge in [0, 0.05) is 60.7 Å². The number of carbonyl (C=O) groups is 1. The van der Waals surface area contributed by atoms with Crippen molar-refractivity contribution < 1.29 is 4.79 Å². The van der Waals surface area contributed by atoms with Gasteiger partial charge in [0.15, 0.2) is 0 Å². The Kier molecular flexibility index (Phi) is 7.54. The second-order valence-corrected chi connectivity index (χ2v) is 12.3. The first-order valence-electron chi connectivity index (χ1n) is 15.1. The van der Waals surface area contributed by atoms with Crippen molar-refractivity contribution >= 4 is 23.2 Å². The Morgan fingerprint density at radius 2 is 1.70 bits per heavy atom. The van der Waals surface area contributed by atoms with Gasteiger partial charge < -0.3 is 16.4 Å². The third kappa shape index (κ3) is 5.32. The first-order valence-corrected chi connectivity index (χ1v) is 15.5. The van der Waals surface area contributed by atoms with Gasteiger partial charge in [-0.15, -0.1) is 0 Å². The molecule has 0 saturated carbocycles. The number of nitrogens with zero attached hydrogens (tertiary/aromatic N) is 2. The van der Waals surface area contributed by atoms with Gasteiger partial charge in [-0.25, -0.2) is 4.98 Å². The maximum absolute atomic E-state index is 13.2. The number of pyridine rings is 1. The molecule has 1 saturated heterocycles. The molecular formula is C36H34ClN5O2. The molecule has 0 spiro atoms. The van der Waals surface area contributed by atoms with Crippen LogP contribution in [0.4, 0.5) is 0 Å². The predicted octanol–water partition coefficient (Wildman–Crippen LogP) is 5.45. The fourth-order valence-corrected chi connectivity index (χ4v) is 6.97. The SMILES string of the molecule is Cc1c(-c2ccn3c(=O)c(CNC[C@@H]4CCC(=O)N4)cnc3c2)cccc1-c1cccc(-c2ccc3c(c2)CC(N)C3)c1Cl. The third-order valence-electron chi connectivity index (χ3n) is 8.99. The lowest BCUT2D eigenvalue weighted by atomic mass is 9.91. The van der Waals surface area contributed by atoms with Crippen molar-refractivity contribution in [3.8, 4) is 33.4 Å². The van der Waals surface area contributed by atoms with E-state index >= 15 is 0 Å². The molecule has 2 aliphatic rings. The largest absolute Gasteiger partial charge is 0.352 e. The van der Waals surface area contributed by atoms with Crippen molar-refractivity contribution in [3.05, 3.63) is 117 Å². The van der Waals surface area contributed by atoms with Crippen molar-refractivity contribution in [2.24, 2.45) is 5.73 Å². The Labute approximate surface area is 261 Å². The van der Waals surface area contributed by atoms with Gasteiger partial charge in [-0.2, -0.15) is 0 Å². The molecule has 0 radical (unpaired) electrons. The summed E-state index contributed by atoms with van der Waals surface area (Å²) in [6.07, 6.45) is 6.62. The molecule has 2 atom stereocenters. The van der Waals surface area contributed by atoms with Crippen molar-refractivity contribution in [3.63, 3.8) is 0 Å². The first kappa shape index (κ1) is 28.5. The number of aromatic nitrogens is 2. The summed E-state index contributed by atoms with van der Waals surface area (Å²) in [5.74, 6) is 0.0817. The normalized spacial score (nSPS) is 17.7. The quantitative estimate of drug-likeness (QED) is 0.230. The van der Waals surface area contributed by atoms with Crippen LogP contribution in [0.5, 0.6) is 0 Å². The van der Waals surface area contributed by atoms with Gasteiger partial charge in [0.05, 0.1) is 5.02 Å². The van der Waals surface area contributed by atoms with Crippen LogP contribution in [0.15, 0.2) is 83.9 Å². The number of rotatable bonds is 7. The van der Waals surface area contributed by atoms with Crippen molar-refractivity contribution in [1.82, 2.24) is 20.0 Å². The predicted molar refractivity (Wildman–Crippen MR) is 176 cm³/mol. The molecule has 1 amide bonds. The standard InChI is InChI=1S/C36H34ClN5O2/c1-21-29(24-12-13-42-33(17-24)40-19-26(36(42)44)18-39-20-28-10-11-34(43)41-28)4-2-5-30(21)32-7-3-6-31(35(32)37)23-9-8-22-15-27(38)16-25(22)14-23/h2-9,12-14,17,19,27-28,39H,10-11,15-16,18,20,38H2,1H3,(H,41,43)/t27?,28-/m0/s1. The maximum Gasteiger partial charge on any atom is 0.262 e. The Morgan fingerprint density at radius 3 is 2.52 bits per heavy atom. The van der Waals surface area contributed by atoms with Crippen LogP contribution in [0, 0.1) is 6.92 Å². The summed E-state index contributed by atoms with van der Waals surface area (Å²) in [5, 5.41) is 6.94. The van der Waals surface area contributed by atoms with E-state index < -0.39 is 0 Å². The van der Waals surface area contributed by atoms with Gasteiger partial charge in [-0.1, -0.05) is 66.2 Å². The zero-order valence-electron chi connectivity index (χ0n) is 24.6. The van der Waals surface area contributed by atoms with Crippen LogP contribution < -0.4 is 21.9 Å². The van der Waals surface area contributed by atoms with E-state index in [4.69, 9.17) is 17.3 Å². The summed E-state index contributed by atoms with van der Waals surface area (Å²) in [5.41, 5.74) is 17.2. The van der Waals surface area contributed by atoms with E-state index in [1.165, 1.54) is 11.1 Å². The van der Waals surface area contributed by atoms with E-state index in [0.29, 0.717) is 30.7 Å². The molecule has 3 heterocycles. The van der Waals surface area contributed by atoms with E-state index in [2.05, 4.69) is 71.1 Å². The number of amides is 1. The zero-order chi connectivity index (χ0) is 30.4. The molecule has 7 rings (SSSR count). The summed E-state index contributed by atoms with van der Waals surface area (Å²) >= 11 is 7.12. The molecule has 0 bridgehead atoms. The minimum absolute atomic E-state index is 0.0817. The Balaban J connectivity index is 1.17. The highest BCUT2D eigenvalue weighted by molar-refractivity contribution is 6.36. The van der Waals surface area contributed by atoms with Gasteiger partial charge in [0.2, 0.25) is 5.91 Å². The van der Waals surface area contributed by atoms with E-state index in [1.54, 1.807) is 16.8 Å². The molecule has 44 heavy (non-hydrogen) atoms. The second-order valence-electron chi connectivity index (χ2n) is 12.0. The minimum Gasteiger partial charge on any atom is -0.352 e. The van der Waals surface area contributed by atoms with Crippen molar-refractivity contribution in [1.29, 1.82) is 0 Å². The van der Waals surface area contributed by atoms with Crippen LogP contribution >= 0.6 is 11.6 Å². The number of hydrogen-bond acceptors (Lipinski definition) is 5. The molecule has 3 aromatic carbocycles. The van der Waals surface area contributed by atoms with E-state index in [-0.39, 0.29) is 23.6 Å². The smallest absolute Gasteiger partial charge is 0.262 e. The van der Waals surface area contributed by atoms with E-state index in [9.17, 15) is 9.59 Å². The molecule has 5 aromatic rings. The molecule has 222 valence electrons. The number of nitrogens with one attached hydrogen (secondary N) is 2. The maximum atomic E-state index is 13.2. The average molecular weight is 604 g/mol. The number of benzene rings is 3. The van der Waals surface area contributed by atoms with Crippen LogP contribution in [-0.2, 0) is 24.2 Å². The third-order valence-corrected chi connectivity index (χ3v) is 9.39. The minimum atomic E-state index is -0.105. The van der Waals surface area contributed by atoms with Crippen molar-refractivity contribution in [2.45, 2.75) is 51.2 Å². The second kappa shape index (κ2) is 11.7. The number of nitrogens with two attached hydrogens (primary N) is 1. The molecule has 4 N–H and O–H groups in total. The lowest BCUT2D eigenvalue weighted by Crippen LogP contribution is -2.36. The monoisotopic (exact) mass is 603 g/mol. The molecule has 1 unspecified atom stereocenters. The first-order chi connectivity index (χ1) is 21.4. The molecule has 1 aliphatic heterocycles. The molecule has 8 heteroatoms. The Morgan fingerprint density at radius 1 is 0.955 bits per heavy atom. The lowest BCUT2D eigenvalue weighted by molar-refractivity contribution is -0.119. The fraction of sp³-hybridized carbons (Fsp3) is 0.250. The van der Waals surface area contributed by atoms with Gasteiger partial charge in [-0.05, 0) is 77.3 Å². The topological polar surface area (TPSA) is 102 Å². The summed E-state index contributed by atoms with van der Waals surface area (Å²) in [6.45, 7) is 3.12. The van der Waals surface area contributed by atoms with Crippen LogP contribution in [0.25, 0.3) is 39.0 Å². The molecule has 1 aliphatic carbocycles.